The molecule has 0 bridgehead atoms. The van der Waals surface area contributed by atoms with Gasteiger partial charge in [-0.2, -0.15) is 0 Å². The van der Waals surface area contributed by atoms with Gasteiger partial charge >= 0.3 is 0 Å². The van der Waals surface area contributed by atoms with Crippen LogP contribution in [-0.4, -0.2) is 60.1 Å². The van der Waals surface area contributed by atoms with E-state index < -0.39 is 0 Å². The summed E-state index contributed by atoms with van der Waals surface area (Å²) >= 11 is 0. The topological polar surface area (TPSA) is 18.5 Å². The first-order valence-corrected chi connectivity index (χ1v) is 8.66. The summed E-state index contributed by atoms with van der Waals surface area (Å²) in [6.45, 7) is 19.8. The fourth-order valence-corrected chi connectivity index (χ4v) is 3.53. The quantitative estimate of drug-likeness (QED) is 0.775. The standard InChI is InChI=1S/C17H37N3/c1-7-10-15(18-9-3)16(8-2)19-11-13-20(14-12-19)17(4,5)6/h15-16,18H,7-14H2,1-6H3. The maximum absolute atomic E-state index is 3.72. The van der Waals surface area contributed by atoms with E-state index in [1.165, 1.54) is 45.4 Å². The van der Waals surface area contributed by atoms with Gasteiger partial charge in [0.25, 0.3) is 0 Å². The lowest BCUT2D eigenvalue weighted by molar-refractivity contribution is 0.0307. The van der Waals surface area contributed by atoms with Gasteiger partial charge in [-0.1, -0.05) is 27.2 Å². The van der Waals surface area contributed by atoms with E-state index in [-0.39, 0.29) is 0 Å². The SMILES string of the molecule is CCCC(NCC)C(CC)N1CCN(C(C)(C)C)CC1. The van der Waals surface area contributed by atoms with Crippen molar-refractivity contribution in [3.05, 3.63) is 0 Å². The van der Waals surface area contributed by atoms with Crippen LogP contribution in [0.1, 0.15) is 60.8 Å². The molecule has 1 rings (SSSR count). The van der Waals surface area contributed by atoms with E-state index >= 15 is 0 Å². The minimum Gasteiger partial charge on any atom is -0.313 e. The summed E-state index contributed by atoms with van der Waals surface area (Å²) in [5, 5.41) is 3.72. The molecule has 3 heteroatoms. The highest BCUT2D eigenvalue weighted by Crippen LogP contribution is 2.20. The van der Waals surface area contributed by atoms with Gasteiger partial charge in [-0.05, 0) is 40.2 Å². The normalized spacial score (nSPS) is 21.9. The Bertz CT molecular complexity index is 245. The molecule has 120 valence electrons. The number of piperazine rings is 1. The Labute approximate surface area is 127 Å². The number of nitrogens with one attached hydrogen (secondary N) is 1. The summed E-state index contributed by atoms with van der Waals surface area (Å²) in [5.41, 5.74) is 0.318. The van der Waals surface area contributed by atoms with Crippen LogP contribution >= 0.6 is 0 Å². The van der Waals surface area contributed by atoms with Crippen LogP contribution in [-0.2, 0) is 0 Å². The van der Waals surface area contributed by atoms with Crippen LogP contribution in [0.25, 0.3) is 0 Å². The lowest BCUT2D eigenvalue weighted by atomic mass is 9.97. The molecule has 2 atom stereocenters. The minimum absolute atomic E-state index is 0.318. The molecule has 2 unspecified atom stereocenters. The molecule has 3 nitrogen and oxygen atoms in total. The summed E-state index contributed by atoms with van der Waals surface area (Å²) in [6.07, 6.45) is 3.83. The lowest BCUT2D eigenvalue weighted by Crippen LogP contribution is -2.59. The molecule has 0 radical (unpaired) electrons. The maximum Gasteiger partial charge on any atom is 0.0247 e. The van der Waals surface area contributed by atoms with E-state index in [1.807, 2.05) is 0 Å². The minimum atomic E-state index is 0.318. The smallest absolute Gasteiger partial charge is 0.0247 e. The Kier molecular flexibility index (Phi) is 7.49. The van der Waals surface area contributed by atoms with Crippen LogP contribution in [0.4, 0.5) is 0 Å². The van der Waals surface area contributed by atoms with Gasteiger partial charge in [0.1, 0.15) is 0 Å². The number of hydrogen-bond donors (Lipinski definition) is 1. The van der Waals surface area contributed by atoms with Crippen molar-refractivity contribution in [2.45, 2.75) is 78.4 Å². The molecule has 0 spiro atoms. The molecule has 0 aliphatic carbocycles. The first kappa shape index (κ1) is 17.9. The summed E-state index contributed by atoms with van der Waals surface area (Å²) in [6, 6.07) is 1.37. The largest absolute Gasteiger partial charge is 0.313 e. The van der Waals surface area contributed by atoms with E-state index in [4.69, 9.17) is 0 Å². The van der Waals surface area contributed by atoms with Crippen molar-refractivity contribution in [1.82, 2.24) is 15.1 Å². The molecule has 0 aromatic carbocycles. The van der Waals surface area contributed by atoms with E-state index in [0.29, 0.717) is 17.6 Å². The summed E-state index contributed by atoms with van der Waals surface area (Å²) in [5.74, 6) is 0. The van der Waals surface area contributed by atoms with Gasteiger partial charge in [0.2, 0.25) is 0 Å². The number of likely N-dealkylation sites (N-methyl/N-ethyl adjacent to an activating group) is 1. The van der Waals surface area contributed by atoms with E-state index in [1.54, 1.807) is 0 Å². The zero-order valence-electron chi connectivity index (χ0n) is 14.7. The summed E-state index contributed by atoms with van der Waals surface area (Å²) in [7, 11) is 0. The fraction of sp³-hybridized carbons (Fsp3) is 1.00. The molecule has 1 N–H and O–H groups in total. The zero-order valence-corrected chi connectivity index (χ0v) is 14.7. The van der Waals surface area contributed by atoms with Crippen molar-refractivity contribution in [3.63, 3.8) is 0 Å². The van der Waals surface area contributed by atoms with Crippen LogP contribution in [0, 0.1) is 0 Å². The monoisotopic (exact) mass is 283 g/mol. The summed E-state index contributed by atoms with van der Waals surface area (Å²) in [4.78, 5) is 5.35. The van der Waals surface area contributed by atoms with Gasteiger partial charge in [0.15, 0.2) is 0 Å². The van der Waals surface area contributed by atoms with Crippen molar-refractivity contribution in [2.75, 3.05) is 32.7 Å². The van der Waals surface area contributed by atoms with E-state index in [2.05, 4.69) is 56.7 Å². The molecule has 1 aliphatic heterocycles. The van der Waals surface area contributed by atoms with Gasteiger partial charge in [-0.3, -0.25) is 9.80 Å². The van der Waals surface area contributed by atoms with Crippen molar-refractivity contribution in [2.24, 2.45) is 0 Å². The molecule has 1 fully saturated rings. The van der Waals surface area contributed by atoms with Crippen LogP contribution < -0.4 is 5.32 Å². The van der Waals surface area contributed by atoms with Gasteiger partial charge < -0.3 is 5.32 Å². The van der Waals surface area contributed by atoms with E-state index in [0.717, 1.165) is 6.54 Å². The van der Waals surface area contributed by atoms with E-state index in [9.17, 15) is 0 Å². The third-order valence-electron chi connectivity index (χ3n) is 4.68. The predicted octanol–water partition coefficient (Wildman–Crippen LogP) is 2.96. The van der Waals surface area contributed by atoms with Gasteiger partial charge in [0.05, 0.1) is 0 Å². The van der Waals surface area contributed by atoms with Gasteiger partial charge in [-0.15, -0.1) is 0 Å². The number of rotatable bonds is 7. The zero-order chi connectivity index (χ0) is 15.2. The lowest BCUT2D eigenvalue weighted by Gasteiger charge is -2.46. The molecule has 0 aromatic heterocycles. The second kappa shape index (κ2) is 8.35. The third kappa shape index (κ3) is 5.01. The van der Waals surface area contributed by atoms with Gasteiger partial charge in [-0.25, -0.2) is 0 Å². The Morgan fingerprint density at radius 2 is 1.60 bits per heavy atom. The molecule has 0 aromatic rings. The Morgan fingerprint density at radius 3 is 2.00 bits per heavy atom. The molecule has 1 heterocycles. The summed E-state index contributed by atoms with van der Waals surface area (Å²) < 4.78 is 0. The highest BCUT2D eigenvalue weighted by molar-refractivity contribution is 4.89. The van der Waals surface area contributed by atoms with Crippen LogP contribution in [0.5, 0.6) is 0 Å². The maximum atomic E-state index is 3.72. The van der Waals surface area contributed by atoms with Crippen LogP contribution in [0.3, 0.4) is 0 Å². The van der Waals surface area contributed by atoms with Crippen LogP contribution in [0.15, 0.2) is 0 Å². The highest BCUT2D eigenvalue weighted by Gasteiger charge is 2.31. The Hall–Kier alpha value is -0.120. The predicted molar refractivity (Wildman–Crippen MR) is 89.4 cm³/mol. The number of nitrogens with zero attached hydrogens (tertiary/aromatic N) is 2. The Balaban J connectivity index is 2.59. The molecular formula is C17H37N3. The highest BCUT2D eigenvalue weighted by atomic mass is 15.3. The average Bonchev–Trinajstić information content (AvgIpc) is 2.39. The first-order chi connectivity index (χ1) is 9.43. The molecule has 0 saturated carbocycles. The molecule has 1 saturated heterocycles. The average molecular weight is 284 g/mol. The van der Waals surface area contributed by atoms with Crippen molar-refractivity contribution in [1.29, 1.82) is 0 Å². The van der Waals surface area contributed by atoms with Crippen molar-refractivity contribution < 1.29 is 0 Å². The van der Waals surface area contributed by atoms with Crippen LogP contribution in [0.2, 0.25) is 0 Å². The van der Waals surface area contributed by atoms with Gasteiger partial charge in [0, 0.05) is 43.8 Å². The second-order valence-corrected chi connectivity index (χ2v) is 7.12. The molecule has 20 heavy (non-hydrogen) atoms. The first-order valence-electron chi connectivity index (χ1n) is 8.66. The molecule has 1 aliphatic rings. The fourth-order valence-electron chi connectivity index (χ4n) is 3.53. The molecular weight excluding hydrogens is 246 g/mol. The third-order valence-corrected chi connectivity index (χ3v) is 4.68. The second-order valence-electron chi connectivity index (χ2n) is 7.12. The number of hydrogen-bond acceptors (Lipinski definition) is 3. The molecule has 0 amide bonds. The van der Waals surface area contributed by atoms with Crippen molar-refractivity contribution in [3.8, 4) is 0 Å². The van der Waals surface area contributed by atoms with Crippen molar-refractivity contribution >= 4 is 0 Å². The Morgan fingerprint density at radius 1 is 1.00 bits per heavy atom.